The summed E-state index contributed by atoms with van der Waals surface area (Å²) in [5.41, 5.74) is 5.01. The van der Waals surface area contributed by atoms with E-state index in [-0.39, 0.29) is 6.54 Å². The maximum atomic E-state index is 10.6. The van der Waals surface area contributed by atoms with Gasteiger partial charge in [-0.3, -0.25) is 14.5 Å². The molecule has 0 spiro atoms. The van der Waals surface area contributed by atoms with Gasteiger partial charge in [0.2, 0.25) is 5.91 Å². The molecule has 0 aromatic rings. The van der Waals surface area contributed by atoms with Gasteiger partial charge in [0, 0.05) is 13.1 Å². The second-order valence-electron chi connectivity index (χ2n) is 3.19. The first-order valence-electron chi connectivity index (χ1n) is 4.31. The second kappa shape index (κ2) is 6.15. The summed E-state index contributed by atoms with van der Waals surface area (Å²) in [5, 5.41) is 8.66. The lowest BCUT2D eigenvalue weighted by Crippen LogP contribution is -2.38. The number of hydrogen-bond acceptors (Lipinski definition) is 3. The van der Waals surface area contributed by atoms with E-state index in [0.29, 0.717) is 13.1 Å². The van der Waals surface area contributed by atoms with E-state index < -0.39 is 17.8 Å². The predicted octanol–water partition coefficient (Wildman–Crippen LogP) is -0.320. The minimum atomic E-state index is -0.886. The minimum Gasteiger partial charge on any atom is -0.481 e. The Bertz CT molecular complexity index is 228. The number of carbonyl (C=O) groups excluding carboxylic acids is 1. The molecule has 0 rings (SSSR count). The molecule has 80 valence electrons. The van der Waals surface area contributed by atoms with Crippen molar-refractivity contribution in [3.63, 3.8) is 0 Å². The molecular weight excluding hydrogens is 184 g/mol. The summed E-state index contributed by atoms with van der Waals surface area (Å²) in [7, 11) is 0. The fourth-order valence-corrected chi connectivity index (χ4v) is 1.07. The third-order valence-electron chi connectivity index (χ3n) is 1.72. The van der Waals surface area contributed by atoms with Gasteiger partial charge in [0.25, 0.3) is 0 Å². The normalized spacial score (nSPS) is 12.4. The first-order chi connectivity index (χ1) is 6.47. The van der Waals surface area contributed by atoms with Crippen LogP contribution in [-0.4, -0.2) is 41.5 Å². The molecule has 0 aliphatic heterocycles. The SMILES string of the molecule is C=CCN(CC(N)=O)CC(C)C(=O)O. The smallest absolute Gasteiger partial charge is 0.307 e. The van der Waals surface area contributed by atoms with Crippen LogP contribution >= 0.6 is 0 Å². The van der Waals surface area contributed by atoms with Crippen LogP contribution in [0.3, 0.4) is 0 Å². The van der Waals surface area contributed by atoms with E-state index in [1.54, 1.807) is 17.9 Å². The van der Waals surface area contributed by atoms with E-state index in [4.69, 9.17) is 10.8 Å². The Hall–Kier alpha value is -1.36. The number of aliphatic carboxylic acids is 1. The van der Waals surface area contributed by atoms with Crippen LogP contribution < -0.4 is 5.73 Å². The van der Waals surface area contributed by atoms with Gasteiger partial charge in [-0.15, -0.1) is 6.58 Å². The third kappa shape index (κ3) is 5.31. The van der Waals surface area contributed by atoms with Crippen molar-refractivity contribution in [3.05, 3.63) is 12.7 Å². The van der Waals surface area contributed by atoms with Crippen LogP contribution in [0.15, 0.2) is 12.7 Å². The second-order valence-corrected chi connectivity index (χ2v) is 3.19. The van der Waals surface area contributed by atoms with Crippen molar-refractivity contribution in [3.8, 4) is 0 Å². The van der Waals surface area contributed by atoms with Gasteiger partial charge in [0.15, 0.2) is 0 Å². The molecule has 1 unspecified atom stereocenters. The predicted molar refractivity (Wildman–Crippen MR) is 52.6 cm³/mol. The van der Waals surface area contributed by atoms with Crippen molar-refractivity contribution < 1.29 is 14.7 Å². The van der Waals surface area contributed by atoms with Crippen LogP contribution in [-0.2, 0) is 9.59 Å². The number of amides is 1. The van der Waals surface area contributed by atoms with Gasteiger partial charge in [-0.25, -0.2) is 0 Å². The zero-order valence-electron chi connectivity index (χ0n) is 8.27. The molecule has 0 fully saturated rings. The molecule has 0 aliphatic carbocycles. The molecular formula is C9H16N2O3. The summed E-state index contributed by atoms with van der Waals surface area (Å²) in [6, 6.07) is 0. The average Bonchev–Trinajstić information content (AvgIpc) is 2.02. The van der Waals surface area contributed by atoms with Crippen molar-refractivity contribution in [2.75, 3.05) is 19.6 Å². The minimum absolute atomic E-state index is 0.0592. The number of carboxylic acids is 1. The molecule has 0 aromatic heterocycles. The number of carbonyl (C=O) groups is 2. The molecule has 3 N–H and O–H groups in total. The number of carboxylic acid groups (broad SMARTS) is 1. The lowest BCUT2D eigenvalue weighted by atomic mass is 10.1. The molecule has 0 saturated heterocycles. The number of rotatable bonds is 7. The van der Waals surface area contributed by atoms with Gasteiger partial charge >= 0.3 is 5.97 Å². The van der Waals surface area contributed by atoms with Crippen LogP contribution in [0, 0.1) is 5.92 Å². The standard InChI is InChI=1S/C9H16N2O3/c1-3-4-11(6-8(10)12)5-7(2)9(13)14/h3,7H,1,4-6H2,2H3,(H2,10,12)(H,13,14). The van der Waals surface area contributed by atoms with E-state index in [2.05, 4.69) is 6.58 Å². The van der Waals surface area contributed by atoms with E-state index in [1.807, 2.05) is 0 Å². The van der Waals surface area contributed by atoms with Crippen LogP contribution in [0.1, 0.15) is 6.92 Å². The Morgan fingerprint density at radius 2 is 2.21 bits per heavy atom. The largest absolute Gasteiger partial charge is 0.481 e. The van der Waals surface area contributed by atoms with Gasteiger partial charge in [-0.05, 0) is 0 Å². The van der Waals surface area contributed by atoms with Gasteiger partial charge < -0.3 is 10.8 Å². The maximum Gasteiger partial charge on any atom is 0.307 e. The molecule has 14 heavy (non-hydrogen) atoms. The van der Waals surface area contributed by atoms with Gasteiger partial charge in [0.1, 0.15) is 0 Å². The summed E-state index contributed by atoms with van der Waals surface area (Å²) < 4.78 is 0. The molecule has 1 amide bonds. The van der Waals surface area contributed by atoms with E-state index >= 15 is 0 Å². The van der Waals surface area contributed by atoms with E-state index in [1.165, 1.54) is 0 Å². The molecule has 1 atom stereocenters. The molecule has 0 bridgehead atoms. The summed E-state index contributed by atoms with van der Waals surface area (Å²) in [4.78, 5) is 22.8. The van der Waals surface area contributed by atoms with Crippen molar-refractivity contribution in [2.45, 2.75) is 6.92 Å². The molecule has 0 aliphatic rings. The Balaban J connectivity index is 4.13. The van der Waals surface area contributed by atoms with Gasteiger partial charge in [-0.2, -0.15) is 0 Å². The summed E-state index contributed by atoms with van der Waals surface area (Å²) in [6.07, 6.45) is 1.61. The number of nitrogens with zero attached hydrogens (tertiary/aromatic N) is 1. The van der Waals surface area contributed by atoms with Crippen molar-refractivity contribution >= 4 is 11.9 Å². The van der Waals surface area contributed by atoms with E-state index in [0.717, 1.165) is 0 Å². The molecule has 5 heteroatoms. The molecule has 0 saturated carbocycles. The highest BCUT2D eigenvalue weighted by Gasteiger charge is 2.16. The first-order valence-corrected chi connectivity index (χ1v) is 4.31. The fraction of sp³-hybridized carbons (Fsp3) is 0.556. The van der Waals surface area contributed by atoms with Crippen molar-refractivity contribution in [2.24, 2.45) is 11.7 Å². The van der Waals surface area contributed by atoms with Crippen LogP contribution in [0.2, 0.25) is 0 Å². The molecule has 0 radical (unpaired) electrons. The number of nitrogens with two attached hydrogens (primary N) is 1. The highest BCUT2D eigenvalue weighted by molar-refractivity contribution is 5.76. The maximum absolute atomic E-state index is 10.6. The zero-order chi connectivity index (χ0) is 11.1. The third-order valence-corrected chi connectivity index (χ3v) is 1.72. The Labute approximate surface area is 83.2 Å². The molecule has 5 nitrogen and oxygen atoms in total. The Morgan fingerprint density at radius 3 is 2.57 bits per heavy atom. The van der Waals surface area contributed by atoms with Crippen LogP contribution in [0.5, 0.6) is 0 Å². The summed E-state index contributed by atoms with van der Waals surface area (Å²) in [6.45, 7) is 5.92. The lowest BCUT2D eigenvalue weighted by Gasteiger charge is -2.20. The Morgan fingerprint density at radius 1 is 1.64 bits per heavy atom. The van der Waals surface area contributed by atoms with E-state index in [9.17, 15) is 9.59 Å². The molecule has 0 aromatic carbocycles. The lowest BCUT2D eigenvalue weighted by molar-refractivity contribution is -0.142. The quantitative estimate of drug-likeness (QED) is 0.552. The van der Waals surface area contributed by atoms with Gasteiger partial charge in [-0.1, -0.05) is 13.0 Å². The van der Waals surface area contributed by atoms with Crippen molar-refractivity contribution in [1.29, 1.82) is 0 Å². The summed E-state index contributed by atoms with van der Waals surface area (Å²) in [5.74, 6) is -1.87. The topological polar surface area (TPSA) is 83.6 Å². The fourth-order valence-electron chi connectivity index (χ4n) is 1.07. The van der Waals surface area contributed by atoms with Crippen LogP contribution in [0.25, 0.3) is 0 Å². The number of primary amides is 1. The number of hydrogen-bond donors (Lipinski definition) is 2. The monoisotopic (exact) mass is 200 g/mol. The first kappa shape index (κ1) is 12.6. The molecule has 0 heterocycles. The Kier molecular flexibility index (Phi) is 5.55. The summed E-state index contributed by atoms with van der Waals surface area (Å²) >= 11 is 0. The average molecular weight is 200 g/mol. The highest BCUT2D eigenvalue weighted by Crippen LogP contribution is 1.99. The van der Waals surface area contributed by atoms with Crippen molar-refractivity contribution in [1.82, 2.24) is 4.90 Å². The van der Waals surface area contributed by atoms with Gasteiger partial charge in [0.05, 0.1) is 12.5 Å². The van der Waals surface area contributed by atoms with Crippen LogP contribution in [0.4, 0.5) is 0 Å². The zero-order valence-corrected chi connectivity index (χ0v) is 8.27. The highest BCUT2D eigenvalue weighted by atomic mass is 16.4.